The standard InChI is InChI=1S/C13H14F2N4O2/c1-16-11-10(20-2)12(18-7-17-11)19-8-3-5-9(6-4-8)21-13(14)15/h3-7,13H,1-2H3,(H2,16,17,18,19). The summed E-state index contributed by atoms with van der Waals surface area (Å²) in [4.78, 5) is 8.11. The van der Waals surface area contributed by atoms with Gasteiger partial charge in [0.25, 0.3) is 0 Å². The highest BCUT2D eigenvalue weighted by molar-refractivity contribution is 5.69. The molecule has 0 aliphatic carbocycles. The summed E-state index contributed by atoms with van der Waals surface area (Å²) in [6.45, 7) is -2.84. The molecule has 2 aromatic rings. The number of rotatable bonds is 6. The van der Waals surface area contributed by atoms with Crippen LogP contribution in [0.1, 0.15) is 0 Å². The topological polar surface area (TPSA) is 68.3 Å². The van der Waals surface area contributed by atoms with Crippen LogP contribution in [0.2, 0.25) is 0 Å². The molecule has 0 radical (unpaired) electrons. The minimum atomic E-state index is -2.84. The molecule has 1 heterocycles. The fourth-order valence-corrected chi connectivity index (χ4v) is 1.69. The van der Waals surface area contributed by atoms with Gasteiger partial charge in [0, 0.05) is 12.7 Å². The first-order valence-electron chi connectivity index (χ1n) is 6.02. The Morgan fingerprint density at radius 3 is 2.33 bits per heavy atom. The van der Waals surface area contributed by atoms with Gasteiger partial charge in [-0.05, 0) is 24.3 Å². The van der Waals surface area contributed by atoms with Gasteiger partial charge < -0.3 is 20.1 Å². The Labute approximate surface area is 120 Å². The molecule has 0 aliphatic heterocycles. The van der Waals surface area contributed by atoms with Crippen molar-refractivity contribution in [2.75, 3.05) is 24.8 Å². The number of hydrogen-bond donors (Lipinski definition) is 2. The van der Waals surface area contributed by atoms with E-state index >= 15 is 0 Å². The number of nitrogens with one attached hydrogen (secondary N) is 2. The van der Waals surface area contributed by atoms with Crippen LogP contribution >= 0.6 is 0 Å². The van der Waals surface area contributed by atoms with Gasteiger partial charge in [0.15, 0.2) is 11.6 Å². The van der Waals surface area contributed by atoms with E-state index < -0.39 is 6.61 Å². The number of aromatic nitrogens is 2. The molecule has 1 aromatic carbocycles. The minimum Gasteiger partial charge on any atom is -0.490 e. The van der Waals surface area contributed by atoms with Crippen molar-refractivity contribution in [3.05, 3.63) is 30.6 Å². The highest BCUT2D eigenvalue weighted by atomic mass is 19.3. The van der Waals surface area contributed by atoms with Crippen molar-refractivity contribution in [3.8, 4) is 11.5 Å². The lowest BCUT2D eigenvalue weighted by atomic mass is 10.3. The normalized spacial score (nSPS) is 10.3. The molecule has 0 unspecified atom stereocenters. The van der Waals surface area contributed by atoms with Gasteiger partial charge in [-0.1, -0.05) is 0 Å². The lowest BCUT2D eigenvalue weighted by Gasteiger charge is -2.13. The molecule has 0 atom stereocenters. The molecule has 21 heavy (non-hydrogen) atoms. The van der Waals surface area contributed by atoms with Crippen molar-refractivity contribution in [3.63, 3.8) is 0 Å². The van der Waals surface area contributed by atoms with Crippen molar-refractivity contribution < 1.29 is 18.3 Å². The molecule has 0 spiro atoms. The number of alkyl halides is 2. The molecule has 0 fully saturated rings. The molecular formula is C13H14F2N4O2. The molecule has 8 heteroatoms. The van der Waals surface area contributed by atoms with Crippen molar-refractivity contribution in [2.24, 2.45) is 0 Å². The van der Waals surface area contributed by atoms with Crippen molar-refractivity contribution in [2.45, 2.75) is 6.61 Å². The van der Waals surface area contributed by atoms with Crippen LogP contribution in [0.25, 0.3) is 0 Å². The predicted molar refractivity (Wildman–Crippen MR) is 74.5 cm³/mol. The highest BCUT2D eigenvalue weighted by Gasteiger charge is 2.11. The third-order valence-electron chi connectivity index (χ3n) is 2.59. The van der Waals surface area contributed by atoms with Crippen LogP contribution in [0.3, 0.4) is 0 Å². The van der Waals surface area contributed by atoms with Crippen LogP contribution in [-0.4, -0.2) is 30.7 Å². The van der Waals surface area contributed by atoms with Gasteiger partial charge in [0.2, 0.25) is 5.75 Å². The van der Waals surface area contributed by atoms with Crippen LogP contribution in [0.5, 0.6) is 11.5 Å². The Morgan fingerprint density at radius 2 is 1.76 bits per heavy atom. The summed E-state index contributed by atoms with van der Waals surface area (Å²) in [6, 6.07) is 6.05. The second-order valence-corrected chi connectivity index (χ2v) is 3.88. The van der Waals surface area contributed by atoms with Crippen molar-refractivity contribution >= 4 is 17.3 Å². The highest BCUT2D eigenvalue weighted by Crippen LogP contribution is 2.31. The fourth-order valence-electron chi connectivity index (χ4n) is 1.69. The van der Waals surface area contributed by atoms with E-state index in [9.17, 15) is 8.78 Å². The molecular weight excluding hydrogens is 282 g/mol. The number of hydrogen-bond acceptors (Lipinski definition) is 6. The predicted octanol–water partition coefficient (Wildman–Crippen LogP) is 2.87. The number of ether oxygens (including phenoxy) is 2. The van der Waals surface area contributed by atoms with E-state index in [-0.39, 0.29) is 5.75 Å². The van der Waals surface area contributed by atoms with Gasteiger partial charge >= 0.3 is 6.61 Å². The van der Waals surface area contributed by atoms with Crippen molar-refractivity contribution in [1.82, 2.24) is 9.97 Å². The number of methoxy groups -OCH3 is 1. The number of halogens is 2. The van der Waals surface area contributed by atoms with E-state index in [0.29, 0.717) is 23.1 Å². The van der Waals surface area contributed by atoms with E-state index in [2.05, 4.69) is 25.3 Å². The van der Waals surface area contributed by atoms with Crippen LogP contribution in [0.15, 0.2) is 30.6 Å². The molecule has 1 aromatic heterocycles. The largest absolute Gasteiger partial charge is 0.490 e. The number of benzene rings is 1. The van der Waals surface area contributed by atoms with Crippen LogP contribution in [0.4, 0.5) is 26.1 Å². The van der Waals surface area contributed by atoms with Crippen molar-refractivity contribution in [1.29, 1.82) is 0 Å². The summed E-state index contributed by atoms with van der Waals surface area (Å²) in [5.74, 6) is 1.53. The molecule has 0 aliphatic rings. The lowest BCUT2D eigenvalue weighted by Crippen LogP contribution is -2.04. The summed E-state index contributed by atoms with van der Waals surface area (Å²) < 4.78 is 33.7. The molecule has 2 rings (SSSR count). The fraction of sp³-hybridized carbons (Fsp3) is 0.231. The second kappa shape index (κ2) is 6.69. The Kier molecular flexibility index (Phi) is 4.70. The maximum Gasteiger partial charge on any atom is 0.387 e. The zero-order valence-corrected chi connectivity index (χ0v) is 11.4. The minimum absolute atomic E-state index is 0.0844. The number of anilines is 3. The summed E-state index contributed by atoms with van der Waals surface area (Å²) in [6.07, 6.45) is 1.38. The average molecular weight is 296 g/mol. The quantitative estimate of drug-likeness (QED) is 0.854. The first kappa shape index (κ1) is 14.8. The SMILES string of the molecule is CNc1ncnc(Nc2ccc(OC(F)F)cc2)c1OC. The van der Waals surface area contributed by atoms with Gasteiger partial charge in [-0.3, -0.25) is 0 Å². The van der Waals surface area contributed by atoms with E-state index in [1.807, 2.05) is 0 Å². The van der Waals surface area contributed by atoms with Gasteiger partial charge in [0.05, 0.1) is 7.11 Å². The molecule has 0 saturated heterocycles. The summed E-state index contributed by atoms with van der Waals surface area (Å²) in [5, 5.41) is 5.90. The second-order valence-electron chi connectivity index (χ2n) is 3.88. The average Bonchev–Trinajstić information content (AvgIpc) is 2.48. The molecule has 0 bridgehead atoms. The van der Waals surface area contributed by atoms with E-state index in [1.165, 1.54) is 25.6 Å². The molecule has 0 amide bonds. The Balaban J connectivity index is 2.18. The molecule has 2 N–H and O–H groups in total. The maximum atomic E-state index is 12.1. The first-order chi connectivity index (χ1) is 10.1. The smallest absolute Gasteiger partial charge is 0.387 e. The monoisotopic (exact) mass is 296 g/mol. The Morgan fingerprint density at radius 1 is 1.10 bits per heavy atom. The van der Waals surface area contributed by atoms with E-state index in [4.69, 9.17) is 4.74 Å². The van der Waals surface area contributed by atoms with Crippen LogP contribution in [-0.2, 0) is 0 Å². The molecule has 0 saturated carbocycles. The van der Waals surface area contributed by atoms with Gasteiger partial charge in [-0.15, -0.1) is 0 Å². The number of nitrogens with zero attached hydrogens (tertiary/aromatic N) is 2. The summed E-state index contributed by atoms with van der Waals surface area (Å²) >= 11 is 0. The van der Waals surface area contributed by atoms with Gasteiger partial charge in [-0.25, -0.2) is 9.97 Å². The van der Waals surface area contributed by atoms with E-state index in [1.54, 1.807) is 19.2 Å². The van der Waals surface area contributed by atoms with Crippen LogP contribution < -0.4 is 20.1 Å². The third-order valence-corrected chi connectivity index (χ3v) is 2.59. The Bertz CT molecular complexity index is 593. The van der Waals surface area contributed by atoms with Gasteiger partial charge in [0.1, 0.15) is 12.1 Å². The zero-order chi connectivity index (χ0) is 15.2. The van der Waals surface area contributed by atoms with E-state index in [0.717, 1.165) is 0 Å². The van der Waals surface area contributed by atoms with Crippen LogP contribution in [0, 0.1) is 0 Å². The first-order valence-corrected chi connectivity index (χ1v) is 6.02. The molecule has 112 valence electrons. The Hall–Kier alpha value is -2.64. The van der Waals surface area contributed by atoms with Gasteiger partial charge in [-0.2, -0.15) is 8.78 Å². The maximum absolute atomic E-state index is 12.1. The zero-order valence-electron chi connectivity index (χ0n) is 11.4. The summed E-state index contributed by atoms with van der Waals surface area (Å²) in [5.41, 5.74) is 0.649. The third kappa shape index (κ3) is 3.68. The lowest BCUT2D eigenvalue weighted by molar-refractivity contribution is -0.0498. The molecule has 6 nitrogen and oxygen atoms in total. The summed E-state index contributed by atoms with van der Waals surface area (Å²) in [7, 11) is 3.22.